The van der Waals surface area contributed by atoms with Gasteiger partial charge in [-0.15, -0.1) is 0 Å². The SMILES string of the molecule is COC(=O)c1cn(-c2ccc(O)c3ncccc23)cc2c(=O)[nH]nc1-2. The number of aromatic amines is 1. The predicted molar refractivity (Wildman–Crippen MR) is 89.1 cm³/mol. The van der Waals surface area contributed by atoms with Crippen molar-refractivity contribution in [1.82, 2.24) is 19.7 Å². The fourth-order valence-corrected chi connectivity index (χ4v) is 2.80. The highest BCUT2D eigenvalue weighted by molar-refractivity contribution is 5.97. The summed E-state index contributed by atoms with van der Waals surface area (Å²) in [7, 11) is 1.26. The van der Waals surface area contributed by atoms with Gasteiger partial charge in [0.1, 0.15) is 22.5 Å². The zero-order chi connectivity index (χ0) is 17.6. The predicted octanol–water partition coefficient (Wildman–Crippen LogP) is 1.71. The summed E-state index contributed by atoms with van der Waals surface area (Å²) < 4.78 is 6.41. The van der Waals surface area contributed by atoms with E-state index >= 15 is 0 Å². The lowest BCUT2D eigenvalue weighted by molar-refractivity contribution is 0.0600. The molecule has 0 unspecified atom stereocenters. The fraction of sp³-hybridized carbons (Fsp3) is 0.0588. The van der Waals surface area contributed by atoms with Crippen molar-refractivity contribution in [2.24, 2.45) is 0 Å². The number of phenolic OH excluding ortho intramolecular Hbond substituents is 1. The van der Waals surface area contributed by atoms with Crippen LogP contribution in [0.3, 0.4) is 0 Å². The highest BCUT2D eigenvalue weighted by Gasteiger charge is 2.22. The number of nitrogens with zero attached hydrogens (tertiary/aromatic N) is 3. The van der Waals surface area contributed by atoms with Gasteiger partial charge in [-0.25, -0.2) is 9.89 Å². The van der Waals surface area contributed by atoms with Crippen molar-refractivity contribution in [3.05, 3.63) is 58.8 Å². The number of benzene rings is 1. The average Bonchev–Trinajstić information content (AvgIpc) is 3.02. The molecule has 1 aromatic carbocycles. The molecule has 8 heteroatoms. The van der Waals surface area contributed by atoms with Gasteiger partial charge in [0.15, 0.2) is 0 Å². The summed E-state index contributed by atoms with van der Waals surface area (Å²) in [6, 6.07) is 6.71. The van der Waals surface area contributed by atoms with E-state index in [1.807, 2.05) is 0 Å². The quantitative estimate of drug-likeness (QED) is 0.539. The first-order valence-electron chi connectivity index (χ1n) is 7.36. The molecule has 2 aliphatic rings. The summed E-state index contributed by atoms with van der Waals surface area (Å²) in [5, 5.41) is 16.9. The Kier molecular flexibility index (Phi) is 3.24. The first-order chi connectivity index (χ1) is 12.1. The summed E-state index contributed by atoms with van der Waals surface area (Å²) >= 11 is 0. The first kappa shape index (κ1) is 14.9. The van der Waals surface area contributed by atoms with Crippen molar-refractivity contribution < 1.29 is 14.6 Å². The van der Waals surface area contributed by atoms with E-state index in [0.717, 1.165) is 0 Å². The van der Waals surface area contributed by atoms with Gasteiger partial charge in [-0.2, -0.15) is 5.10 Å². The van der Waals surface area contributed by atoms with Crippen molar-refractivity contribution >= 4 is 16.9 Å². The summed E-state index contributed by atoms with van der Waals surface area (Å²) in [6.45, 7) is 0. The van der Waals surface area contributed by atoms with Gasteiger partial charge >= 0.3 is 5.97 Å². The standard InChI is InChI=1S/C17H12N4O4/c1-25-17(24)11-8-21(7-10-14(11)19-20-16(10)23)12-4-5-13(22)15-9(12)3-2-6-18-15/h2-8,22H,1H3,(H,20,23). The maximum absolute atomic E-state index is 12.1. The number of hydrogen-bond donors (Lipinski definition) is 2. The Labute approximate surface area is 140 Å². The number of fused-ring (bicyclic) bond motifs is 2. The molecule has 1 aromatic heterocycles. The van der Waals surface area contributed by atoms with Gasteiger partial charge < -0.3 is 14.4 Å². The normalized spacial score (nSPS) is 11.1. The zero-order valence-electron chi connectivity index (χ0n) is 13.1. The number of aromatic nitrogens is 4. The third-order valence-corrected chi connectivity index (χ3v) is 3.97. The largest absolute Gasteiger partial charge is 0.506 e. The second-order valence-corrected chi connectivity index (χ2v) is 5.39. The lowest BCUT2D eigenvalue weighted by Crippen LogP contribution is -2.11. The van der Waals surface area contributed by atoms with Crippen LogP contribution in [0, 0.1) is 0 Å². The first-order valence-corrected chi connectivity index (χ1v) is 7.36. The van der Waals surface area contributed by atoms with E-state index in [1.54, 1.807) is 35.2 Å². The molecule has 0 atom stereocenters. The van der Waals surface area contributed by atoms with Crippen LogP contribution >= 0.6 is 0 Å². The van der Waals surface area contributed by atoms with E-state index in [4.69, 9.17) is 4.74 Å². The number of ether oxygens (including phenoxy) is 1. The molecule has 4 rings (SSSR count). The molecule has 2 N–H and O–H groups in total. The highest BCUT2D eigenvalue weighted by Crippen LogP contribution is 2.30. The van der Waals surface area contributed by atoms with Crippen LogP contribution in [0.15, 0.2) is 47.7 Å². The summed E-state index contributed by atoms with van der Waals surface area (Å²) in [6.07, 6.45) is 4.69. The molecule has 8 nitrogen and oxygen atoms in total. The zero-order valence-corrected chi connectivity index (χ0v) is 13.1. The van der Waals surface area contributed by atoms with Crippen molar-refractivity contribution in [3.63, 3.8) is 0 Å². The number of methoxy groups -OCH3 is 1. The van der Waals surface area contributed by atoms with E-state index in [1.165, 1.54) is 19.4 Å². The number of esters is 1. The van der Waals surface area contributed by atoms with Gasteiger partial charge in [-0.05, 0) is 24.3 Å². The summed E-state index contributed by atoms with van der Waals surface area (Å²) in [5.41, 5.74) is 1.32. The molecule has 0 bridgehead atoms. The van der Waals surface area contributed by atoms with Crippen molar-refractivity contribution in [3.8, 4) is 22.7 Å². The Balaban J connectivity index is 2.07. The Morgan fingerprint density at radius 3 is 2.92 bits per heavy atom. The molecule has 0 saturated heterocycles. The summed E-state index contributed by atoms with van der Waals surface area (Å²) in [5.74, 6) is -0.561. The molecular weight excluding hydrogens is 324 g/mol. The van der Waals surface area contributed by atoms with Crippen LogP contribution in [-0.2, 0) is 4.74 Å². The Bertz CT molecular complexity index is 1150. The van der Waals surface area contributed by atoms with Gasteiger partial charge in [-0.1, -0.05) is 0 Å². The summed E-state index contributed by atoms with van der Waals surface area (Å²) in [4.78, 5) is 28.3. The molecule has 124 valence electrons. The molecule has 2 aliphatic heterocycles. The smallest absolute Gasteiger partial charge is 0.341 e. The van der Waals surface area contributed by atoms with Crippen molar-refractivity contribution in [1.29, 1.82) is 0 Å². The minimum absolute atomic E-state index is 0.0436. The molecule has 0 radical (unpaired) electrons. The maximum Gasteiger partial charge on any atom is 0.341 e. The van der Waals surface area contributed by atoms with Crippen LogP contribution in [0.5, 0.6) is 5.75 Å². The highest BCUT2D eigenvalue weighted by atomic mass is 16.5. The Hall–Kier alpha value is -3.68. The number of aromatic hydroxyl groups is 1. The lowest BCUT2D eigenvalue weighted by atomic mass is 10.1. The van der Waals surface area contributed by atoms with Gasteiger partial charge in [0.05, 0.1) is 18.4 Å². The number of carbonyl (C=O) groups is 1. The molecule has 25 heavy (non-hydrogen) atoms. The number of H-pyrrole nitrogens is 1. The van der Waals surface area contributed by atoms with Crippen LogP contribution in [-0.4, -0.2) is 37.9 Å². The molecule has 0 spiro atoms. The Morgan fingerprint density at radius 1 is 1.28 bits per heavy atom. The van der Waals surface area contributed by atoms with Crippen LogP contribution in [0.1, 0.15) is 10.4 Å². The minimum Gasteiger partial charge on any atom is -0.506 e. The molecule has 0 aliphatic carbocycles. The number of hydrogen-bond acceptors (Lipinski definition) is 6. The second-order valence-electron chi connectivity index (χ2n) is 5.39. The van der Waals surface area contributed by atoms with E-state index < -0.39 is 11.5 Å². The molecular formula is C17H12N4O4. The minimum atomic E-state index is -0.605. The van der Waals surface area contributed by atoms with E-state index in [9.17, 15) is 14.7 Å². The second kappa shape index (κ2) is 5.45. The van der Waals surface area contributed by atoms with Gasteiger partial charge in [0.25, 0.3) is 5.56 Å². The van der Waals surface area contributed by atoms with E-state index in [2.05, 4.69) is 15.2 Å². The monoisotopic (exact) mass is 336 g/mol. The van der Waals surface area contributed by atoms with Gasteiger partial charge in [0, 0.05) is 24.0 Å². The number of phenols is 1. The third kappa shape index (κ3) is 2.23. The fourth-order valence-electron chi connectivity index (χ4n) is 2.80. The lowest BCUT2D eigenvalue weighted by Gasteiger charge is -2.14. The number of nitrogens with one attached hydrogen (secondary N) is 1. The molecule has 0 amide bonds. The number of carbonyl (C=O) groups excluding carboxylic acids is 1. The van der Waals surface area contributed by atoms with Crippen LogP contribution in [0.25, 0.3) is 27.8 Å². The van der Waals surface area contributed by atoms with Gasteiger partial charge in [0.2, 0.25) is 0 Å². The number of pyridine rings is 2. The van der Waals surface area contributed by atoms with Gasteiger partial charge in [-0.3, -0.25) is 9.78 Å². The molecule has 0 saturated carbocycles. The maximum atomic E-state index is 12.1. The van der Waals surface area contributed by atoms with Crippen molar-refractivity contribution in [2.45, 2.75) is 0 Å². The number of rotatable bonds is 2. The van der Waals surface area contributed by atoms with Crippen LogP contribution in [0.2, 0.25) is 0 Å². The Morgan fingerprint density at radius 2 is 2.12 bits per heavy atom. The average molecular weight is 336 g/mol. The molecule has 2 aromatic rings. The van der Waals surface area contributed by atoms with Crippen LogP contribution in [0.4, 0.5) is 0 Å². The van der Waals surface area contributed by atoms with E-state index in [-0.39, 0.29) is 22.6 Å². The van der Waals surface area contributed by atoms with E-state index in [0.29, 0.717) is 16.6 Å². The van der Waals surface area contributed by atoms with Crippen LogP contribution < -0.4 is 5.56 Å². The topological polar surface area (TPSA) is 110 Å². The molecule has 3 heterocycles. The molecule has 0 fully saturated rings. The third-order valence-electron chi connectivity index (χ3n) is 3.97. The van der Waals surface area contributed by atoms with Crippen molar-refractivity contribution in [2.75, 3.05) is 7.11 Å².